The summed E-state index contributed by atoms with van der Waals surface area (Å²) < 4.78 is 32.6. The minimum atomic E-state index is -3.60. The molecule has 8 heteroatoms. The summed E-state index contributed by atoms with van der Waals surface area (Å²) in [4.78, 5) is 2.06. The van der Waals surface area contributed by atoms with Gasteiger partial charge in [-0.25, -0.2) is 13.1 Å². The van der Waals surface area contributed by atoms with Crippen LogP contribution in [0.1, 0.15) is 0 Å². The number of hydrogen-bond donors (Lipinski definition) is 1. The molecule has 0 atom stereocenters. The summed E-state index contributed by atoms with van der Waals surface area (Å²) >= 11 is 9.16. The maximum atomic E-state index is 12.0. The van der Waals surface area contributed by atoms with Crippen molar-refractivity contribution < 1.29 is 13.2 Å². The van der Waals surface area contributed by atoms with Crippen LogP contribution in [0, 0.1) is 0 Å². The topological polar surface area (TPSA) is 58.6 Å². The SMILES string of the molecule is CN(C)CCOCCNS(=O)(=O)c1ccc(Br)cc1Cl. The van der Waals surface area contributed by atoms with Gasteiger partial charge in [-0.1, -0.05) is 27.5 Å². The van der Waals surface area contributed by atoms with Crippen molar-refractivity contribution in [3.8, 4) is 0 Å². The Morgan fingerprint density at radius 1 is 1.35 bits per heavy atom. The summed E-state index contributed by atoms with van der Waals surface area (Å²) in [5.41, 5.74) is 0. The van der Waals surface area contributed by atoms with Crippen molar-refractivity contribution in [3.05, 3.63) is 27.7 Å². The van der Waals surface area contributed by atoms with E-state index in [9.17, 15) is 8.42 Å². The lowest BCUT2D eigenvalue weighted by atomic mass is 10.4. The second kappa shape index (κ2) is 8.31. The molecule has 0 spiro atoms. The summed E-state index contributed by atoms with van der Waals surface area (Å²) in [6.45, 7) is 1.89. The lowest BCUT2D eigenvalue weighted by Crippen LogP contribution is -2.28. The zero-order chi connectivity index (χ0) is 15.2. The number of nitrogens with zero attached hydrogens (tertiary/aromatic N) is 1. The van der Waals surface area contributed by atoms with Crippen LogP contribution >= 0.6 is 27.5 Å². The molecule has 1 aromatic rings. The molecule has 1 N–H and O–H groups in total. The van der Waals surface area contributed by atoms with Crippen LogP contribution in [0.3, 0.4) is 0 Å². The van der Waals surface area contributed by atoms with Crippen molar-refractivity contribution in [2.75, 3.05) is 40.4 Å². The predicted octanol–water partition coefficient (Wildman–Crippen LogP) is 1.96. The largest absolute Gasteiger partial charge is 0.379 e. The van der Waals surface area contributed by atoms with Crippen molar-refractivity contribution in [1.82, 2.24) is 9.62 Å². The van der Waals surface area contributed by atoms with Gasteiger partial charge in [-0.2, -0.15) is 0 Å². The molecule has 0 aliphatic carbocycles. The van der Waals surface area contributed by atoms with Crippen LogP contribution < -0.4 is 4.72 Å². The molecule has 0 radical (unpaired) electrons. The number of sulfonamides is 1. The lowest BCUT2D eigenvalue weighted by Gasteiger charge is -2.11. The number of hydrogen-bond acceptors (Lipinski definition) is 4. The summed E-state index contributed by atoms with van der Waals surface area (Å²) in [6.07, 6.45) is 0. The van der Waals surface area contributed by atoms with Gasteiger partial charge >= 0.3 is 0 Å². The Morgan fingerprint density at radius 2 is 2.05 bits per heavy atom. The van der Waals surface area contributed by atoms with Crippen molar-refractivity contribution in [1.29, 1.82) is 0 Å². The van der Waals surface area contributed by atoms with Crippen LogP contribution in [-0.2, 0) is 14.8 Å². The van der Waals surface area contributed by atoms with Gasteiger partial charge in [0.05, 0.1) is 18.2 Å². The predicted molar refractivity (Wildman–Crippen MR) is 83.7 cm³/mol. The average molecular weight is 386 g/mol. The molecule has 1 rings (SSSR count). The molecule has 5 nitrogen and oxygen atoms in total. The Hall–Kier alpha value is -0.180. The zero-order valence-electron chi connectivity index (χ0n) is 11.4. The molecule has 0 fully saturated rings. The molecule has 0 aromatic heterocycles. The van der Waals surface area contributed by atoms with Crippen molar-refractivity contribution in [2.24, 2.45) is 0 Å². The third-order valence-electron chi connectivity index (χ3n) is 2.40. The molecule has 0 saturated carbocycles. The minimum absolute atomic E-state index is 0.0654. The van der Waals surface area contributed by atoms with E-state index in [2.05, 4.69) is 20.7 Å². The first-order chi connectivity index (χ1) is 9.33. The molecule has 0 unspecified atom stereocenters. The van der Waals surface area contributed by atoms with E-state index in [0.717, 1.165) is 11.0 Å². The average Bonchev–Trinajstić information content (AvgIpc) is 2.32. The highest BCUT2D eigenvalue weighted by Gasteiger charge is 2.17. The number of halogens is 2. The summed E-state index contributed by atoms with van der Waals surface area (Å²) in [5.74, 6) is 0. The minimum Gasteiger partial charge on any atom is -0.379 e. The number of ether oxygens (including phenoxy) is 1. The molecule has 0 amide bonds. The van der Waals surface area contributed by atoms with Crippen LogP contribution in [0.5, 0.6) is 0 Å². The molecule has 0 saturated heterocycles. The first-order valence-electron chi connectivity index (χ1n) is 6.00. The molecule has 0 heterocycles. The van der Waals surface area contributed by atoms with E-state index >= 15 is 0 Å². The number of benzene rings is 1. The van der Waals surface area contributed by atoms with Crippen LogP contribution in [0.15, 0.2) is 27.6 Å². The third kappa shape index (κ3) is 6.07. The summed E-state index contributed by atoms with van der Waals surface area (Å²) in [5, 5.41) is 0.181. The number of nitrogens with one attached hydrogen (secondary N) is 1. The monoisotopic (exact) mass is 384 g/mol. The maximum absolute atomic E-state index is 12.0. The molecule has 0 aliphatic rings. The van der Waals surface area contributed by atoms with Gasteiger partial charge in [0.15, 0.2) is 0 Å². The quantitative estimate of drug-likeness (QED) is 0.695. The number of likely N-dealkylation sites (N-methyl/N-ethyl adjacent to an activating group) is 1. The van der Waals surface area contributed by atoms with Gasteiger partial charge in [0.1, 0.15) is 4.90 Å². The second-order valence-electron chi connectivity index (χ2n) is 4.39. The molecule has 1 aromatic carbocycles. The normalized spacial score (nSPS) is 12.1. The Kier molecular flexibility index (Phi) is 7.42. The molecule has 0 bridgehead atoms. The van der Waals surface area contributed by atoms with Gasteiger partial charge in [-0.3, -0.25) is 0 Å². The smallest absolute Gasteiger partial charge is 0.242 e. The third-order valence-corrected chi connectivity index (χ3v) is 4.84. The first kappa shape index (κ1) is 17.9. The van der Waals surface area contributed by atoms with Gasteiger partial charge in [0.25, 0.3) is 0 Å². The van der Waals surface area contributed by atoms with Gasteiger partial charge in [0.2, 0.25) is 10.0 Å². The molecule has 0 aliphatic heterocycles. The Bertz CT molecular complexity index is 538. The van der Waals surface area contributed by atoms with E-state index < -0.39 is 10.0 Å². The molecule has 114 valence electrons. The molecular formula is C12H18BrClN2O3S. The molecular weight excluding hydrogens is 368 g/mol. The van der Waals surface area contributed by atoms with E-state index in [4.69, 9.17) is 16.3 Å². The van der Waals surface area contributed by atoms with Crippen molar-refractivity contribution in [3.63, 3.8) is 0 Å². The highest BCUT2D eigenvalue weighted by molar-refractivity contribution is 9.10. The van der Waals surface area contributed by atoms with Gasteiger partial charge in [0, 0.05) is 17.6 Å². The Balaban J connectivity index is 2.46. The van der Waals surface area contributed by atoms with Gasteiger partial charge < -0.3 is 9.64 Å². The van der Waals surface area contributed by atoms with Crippen LogP contribution in [0.2, 0.25) is 5.02 Å². The van der Waals surface area contributed by atoms with Crippen LogP contribution in [-0.4, -0.2) is 53.7 Å². The highest BCUT2D eigenvalue weighted by Crippen LogP contribution is 2.24. The maximum Gasteiger partial charge on any atom is 0.242 e. The highest BCUT2D eigenvalue weighted by atomic mass is 79.9. The standard InChI is InChI=1S/C12H18BrClN2O3S/c1-16(2)6-8-19-7-5-15-20(17,18)12-4-3-10(13)9-11(12)14/h3-4,9,15H,5-8H2,1-2H3. The van der Waals surface area contributed by atoms with Gasteiger partial charge in [-0.05, 0) is 32.3 Å². The van der Waals surface area contributed by atoms with Crippen LogP contribution in [0.25, 0.3) is 0 Å². The first-order valence-corrected chi connectivity index (χ1v) is 8.65. The van der Waals surface area contributed by atoms with Crippen molar-refractivity contribution >= 4 is 37.6 Å². The Morgan fingerprint density at radius 3 is 2.65 bits per heavy atom. The van der Waals surface area contributed by atoms with E-state index in [-0.39, 0.29) is 16.5 Å². The van der Waals surface area contributed by atoms with E-state index in [1.165, 1.54) is 6.07 Å². The van der Waals surface area contributed by atoms with Crippen molar-refractivity contribution in [2.45, 2.75) is 4.90 Å². The number of rotatable bonds is 8. The molecule has 20 heavy (non-hydrogen) atoms. The fourth-order valence-electron chi connectivity index (χ4n) is 1.37. The van der Waals surface area contributed by atoms with E-state index in [1.54, 1.807) is 12.1 Å². The summed E-state index contributed by atoms with van der Waals surface area (Å²) in [7, 11) is 0.288. The van der Waals surface area contributed by atoms with Crippen LogP contribution in [0.4, 0.5) is 0 Å². The summed E-state index contributed by atoms with van der Waals surface area (Å²) in [6, 6.07) is 4.64. The zero-order valence-corrected chi connectivity index (χ0v) is 14.6. The fourth-order valence-corrected chi connectivity index (χ4v) is 3.42. The van der Waals surface area contributed by atoms with E-state index in [0.29, 0.717) is 13.2 Å². The van der Waals surface area contributed by atoms with E-state index in [1.807, 2.05) is 19.0 Å². The second-order valence-corrected chi connectivity index (χ2v) is 7.45. The van der Waals surface area contributed by atoms with Gasteiger partial charge in [-0.15, -0.1) is 0 Å². The fraction of sp³-hybridized carbons (Fsp3) is 0.500. The Labute approximate surface area is 133 Å². The lowest BCUT2D eigenvalue weighted by molar-refractivity contribution is 0.122.